The number of halogens is 2. The maximum Gasteiger partial charge on any atom is 0.251 e. The first-order chi connectivity index (χ1) is 27.3. The van der Waals surface area contributed by atoms with E-state index in [4.69, 9.17) is 33.2 Å². The van der Waals surface area contributed by atoms with Crippen LogP contribution in [-0.2, 0) is 0 Å². The van der Waals surface area contributed by atoms with E-state index in [1.807, 2.05) is 123 Å². The Morgan fingerprint density at radius 1 is 0.536 bits per heavy atom. The highest BCUT2D eigenvalue weighted by Gasteiger charge is 2.22. The molecule has 56 heavy (non-hydrogen) atoms. The predicted octanol–water partition coefficient (Wildman–Crippen LogP) is 12.2. The number of carbonyl (C=O) groups is 2. The Labute approximate surface area is 345 Å². The van der Waals surface area contributed by atoms with Crippen molar-refractivity contribution >= 4 is 81.3 Å². The number of hydrogen-bond donors (Lipinski definition) is 2. The SMILES string of the molecule is CCCNC(=O)c1ccc2c(c1)N=C(c1cccc(Cl)c1)c1ccccc1S2.CCCNC(=O)c1ccc2c(c1)N=C(c1ccccc1Cl)c1ccccc1S2. The zero-order valence-electron chi connectivity index (χ0n) is 30.8. The molecule has 0 atom stereocenters. The van der Waals surface area contributed by atoms with Gasteiger partial charge in [-0.2, -0.15) is 0 Å². The van der Waals surface area contributed by atoms with Crippen LogP contribution < -0.4 is 10.6 Å². The van der Waals surface area contributed by atoms with Gasteiger partial charge in [-0.05, 0) is 79.6 Å². The molecule has 0 saturated carbocycles. The zero-order chi connectivity index (χ0) is 39.0. The minimum Gasteiger partial charge on any atom is -0.352 e. The molecule has 0 saturated heterocycles. The van der Waals surface area contributed by atoms with Crippen LogP contribution in [0.25, 0.3) is 0 Å². The first-order valence-electron chi connectivity index (χ1n) is 18.4. The standard InChI is InChI=1S/2C23H19ClN2OS/c1-2-13-25-23(27)15-11-12-21-19(14-15)26-22(16-7-3-5-9-18(16)24)17-8-4-6-10-20(17)28-21;1-2-12-25-23(27)16-10-11-21-19(14-16)26-22(15-6-5-7-17(24)13-15)18-8-3-4-9-20(18)28-21/h3-12,14H,2,13H2,1H3,(H,25,27);3-11,13-14H,2,12H2,1H3,(H,25,27). The van der Waals surface area contributed by atoms with Crippen LogP contribution >= 0.6 is 46.7 Å². The van der Waals surface area contributed by atoms with Crippen LogP contribution in [0, 0.1) is 0 Å². The summed E-state index contributed by atoms with van der Waals surface area (Å²) in [6.07, 6.45) is 1.80. The van der Waals surface area contributed by atoms with Gasteiger partial charge in [-0.15, -0.1) is 0 Å². The number of carbonyl (C=O) groups excluding carboxylic acids is 2. The number of amides is 2. The van der Waals surface area contributed by atoms with Gasteiger partial charge in [0.05, 0.1) is 22.8 Å². The van der Waals surface area contributed by atoms with E-state index in [0.29, 0.717) is 34.3 Å². The lowest BCUT2D eigenvalue weighted by Crippen LogP contribution is -2.23. The molecule has 280 valence electrons. The van der Waals surface area contributed by atoms with Gasteiger partial charge >= 0.3 is 0 Å². The lowest BCUT2D eigenvalue weighted by atomic mass is 10.0. The Bertz CT molecular complexity index is 2500. The van der Waals surface area contributed by atoms with E-state index in [9.17, 15) is 9.59 Å². The van der Waals surface area contributed by atoms with Gasteiger partial charge in [0.1, 0.15) is 0 Å². The van der Waals surface area contributed by atoms with Crippen molar-refractivity contribution < 1.29 is 9.59 Å². The summed E-state index contributed by atoms with van der Waals surface area (Å²) in [5.41, 5.74) is 8.40. The molecule has 10 heteroatoms. The number of hydrogen-bond acceptors (Lipinski definition) is 6. The van der Waals surface area contributed by atoms with Crippen molar-refractivity contribution in [3.63, 3.8) is 0 Å². The molecule has 0 aliphatic carbocycles. The van der Waals surface area contributed by atoms with Crippen LogP contribution in [0.4, 0.5) is 11.4 Å². The van der Waals surface area contributed by atoms with E-state index in [1.165, 1.54) is 0 Å². The van der Waals surface area contributed by atoms with Gasteiger partial charge in [-0.25, -0.2) is 9.98 Å². The molecule has 6 nitrogen and oxygen atoms in total. The fourth-order valence-electron chi connectivity index (χ4n) is 6.16. The Kier molecular flexibility index (Phi) is 12.7. The lowest BCUT2D eigenvalue weighted by Gasteiger charge is -2.10. The van der Waals surface area contributed by atoms with Gasteiger partial charge in [0, 0.05) is 76.1 Å². The molecule has 8 rings (SSSR count). The maximum absolute atomic E-state index is 12.4. The van der Waals surface area contributed by atoms with E-state index in [0.717, 1.165) is 77.5 Å². The summed E-state index contributed by atoms with van der Waals surface area (Å²) in [4.78, 5) is 39.0. The largest absolute Gasteiger partial charge is 0.352 e. The van der Waals surface area contributed by atoms with Gasteiger partial charge in [-0.1, -0.05) is 127 Å². The number of nitrogens with zero attached hydrogens (tertiary/aromatic N) is 2. The first-order valence-corrected chi connectivity index (χ1v) is 20.8. The molecule has 0 aromatic heterocycles. The number of aliphatic imine (C=N–C) groups is 2. The molecular formula is C46H38Cl2N4O2S2. The molecule has 6 aromatic carbocycles. The molecule has 2 amide bonds. The van der Waals surface area contributed by atoms with Crippen molar-refractivity contribution in [1.82, 2.24) is 10.6 Å². The van der Waals surface area contributed by atoms with Crippen molar-refractivity contribution in [2.45, 2.75) is 46.3 Å². The van der Waals surface area contributed by atoms with Crippen molar-refractivity contribution in [1.29, 1.82) is 0 Å². The third-order valence-corrected chi connectivity index (χ3v) is 11.8. The summed E-state index contributed by atoms with van der Waals surface area (Å²) in [6, 6.07) is 43.2. The second kappa shape index (κ2) is 18.2. The summed E-state index contributed by atoms with van der Waals surface area (Å²) in [5, 5.41) is 7.17. The molecule has 0 spiro atoms. The van der Waals surface area contributed by atoms with Crippen molar-refractivity contribution in [3.05, 3.63) is 177 Å². The number of nitrogens with one attached hydrogen (secondary N) is 2. The third-order valence-electron chi connectivity index (χ3n) is 8.93. The van der Waals surface area contributed by atoms with Crippen LogP contribution in [0.1, 0.15) is 69.7 Å². The minimum absolute atomic E-state index is 0.0732. The van der Waals surface area contributed by atoms with Crippen LogP contribution in [0.3, 0.4) is 0 Å². The highest BCUT2D eigenvalue weighted by molar-refractivity contribution is 7.99. The van der Waals surface area contributed by atoms with Crippen molar-refractivity contribution in [2.75, 3.05) is 13.1 Å². The summed E-state index contributed by atoms with van der Waals surface area (Å²) in [7, 11) is 0. The summed E-state index contributed by atoms with van der Waals surface area (Å²) in [6.45, 7) is 5.38. The monoisotopic (exact) mass is 812 g/mol. The van der Waals surface area contributed by atoms with Gasteiger partial charge < -0.3 is 10.6 Å². The molecule has 0 bridgehead atoms. The molecule has 0 fully saturated rings. The summed E-state index contributed by atoms with van der Waals surface area (Å²) in [5.74, 6) is -0.151. The fourth-order valence-corrected chi connectivity index (χ4v) is 8.58. The summed E-state index contributed by atoms with van der Waals surface area (Å²) >= 11 is 16.0. The predicted molar refractivity (Wildman–Crippen MR) is 233 cm³/mol. The van der Waals surface area contributed by atoms with Gasteiger partial charge in [0.2, 0.25) is 0 Å². The molecule has 2 N–H and O–H groups in total. The average Bonchev–Trinajstić information content (AvgIpc) is 3.49. The molecule has 2 aliphatic heterocycles. The van der Waals surface area contributed by atoms with E-state index < -0.39 is 0 Å². The van der Waals surface area contributed by atoms with Crippen LogP contribution in [0.2, 0.25) is 10.0 Å². The van der Waals surface area contributed by atoms with E-state index in [-0.39, 0.29) is 11.8 Å². The number of rotatable bonds is 8. The Morgan fingerprint density at radius 3 is 1.57 bits per heavy atom. The molecule has 6 aromatic rings. The topological polar surface area (TPSA) is 82.9 Å². The zero-order valence-corrected chi connectivity index (χ0v) is 34.0. The third kappa shape index (κ3) is 8.95. The second-order valence-corrected chi connectivity index (χ2v) is 16.0. The normalized spacial score (nSPS) is 12.4. The van der Waals surface area contributed by atoms with Crippen molar-refractivity contribution in [2.24, 2.45) is 9.98 Å². The van der Waals surface area contributed by atoms with Gasteiger partial charge in [0.25, 0.3) is 11.8 Å². The first kappa shape index (κ1) is 39.1. The lowest BCUT2D eigenvalue weighted by molar-refractivity contribution is 0.0945. The Morgan fingerprint density at radius 2 is 1.04 bits per heavy atom. The minimum atomic E-state index is -0.0779. The molecular weight excluding hydrogens is 776 g/mol. The number of benzene rings is 6. The fraction of sp³-hybridized carbons (Fsp3) is 0.130. The molecule has 0 radical (unpaired) electrons. The summed E-state index contributed by atoms with van der Waals surface area (Å²) < 4.78 is 0. The Hall–Kier alpha value is -5.12. The maximum atomic E-state index is 12.4. The van der Waals surface area contributed by atoms with Gasteiger partial charge in [-0.3, -0.25) is 9.59 Å². The van der Waals surface area contributed by atoms with E-state index >= 15 is 0 Å². The molecule has 0 unspecified atom stereocenters. The van der Waals surface area contributed by atoms with Crippen LogP contribution in [0.15, 0.2) is 163 Å². The smallest absolute Gasteiger partial charge is 0.251 e. The second-order valence-electron chi connectivity index (χ2n) is 13.0. The van der Waals surface area contributed by atoms with Crippen molar-refractivity contribution in [3.8, 4) is 0 Å². The molecule has 2 aliphatic rings. The van der Waals surface area contributed by atoms with E-state index in [2.05, 4.69) is 34.9 Å². The molecule has 2 heterocycles. The van der Waals surface area contributed by atoms with Crippen LogP contribution in [-0.4, -0.2) is 36.3 Å². The van der Waals surface area contributed by atoms with Gasteiger partial charge in [0.15, 0.2) is 0 Å². The highest BCUT2D eigenvalue weighted by atomic mass is 35.5. The van der Waals surface area contributed by atoms with E-state index in [1.54, 1.807) is 23.5 Å². The highest BCUT2D eigenvalue weighted by Crippen LogP contribution is 2.43. The Balaban J connectivity index is 0.000000172. The quantitative estimate of drug-likeness (QED) is 0.160. The van der Waals surface area contributed by atoms with Crippen LogP contribution in [0.5, 0.6) is 0 Å². The average molecular weight is 814 g/mol. The number of fused-ring (bicyclic) bond motifs is 4.